The van der Waals surface area contributed by atoms with E-state index in [2.05, 4.69) is 39.5 Å². The van der Waals surface area contributed by atoms with E-state index in [0.29, 0.717) is 23.1 Å². The average Bonchev–Trinajstić information content (AvgIpc) is 3.41. The highest BCUT2D eigenvalue weighted by Gasteiger charge is 2.17. The minimum atomic E-state index is -0.238. The Balaban J connectivity index is 1.17. The SMILES string of the molecule is CC1CCN(Cc2ccc(NC(=O)COc3ccccc3-c3nnc(-c4ccccc4)o3)cc2)CC1. The van der Waals surface area contributed by atoms with Gasteiger partial charge in [-0.25, -0.2) is 0 Å². The molecule has 0 atom stereocenters. The van der Waals surface area contributed by atoms with Crippen LogP contribution in [0.5, 0.6) is 5.75 Å². The third-order valence-electron chi connectivity index (χ3n) is 6.44. The van der Waals surface area contributed by atoms with Crippen molar-refractivity contribution in [3.63, 3.8) is 0 Å². The number of nitrogens with zero attached hydrogens (tertiary/aromatic N) is 3. The monoisotopic (exact) mass is 482 g/mol. The number of likely N-dealkylation sites (tertiary alicyclic amines) is 1. The second-order valence-electron chi connectivity index (χ2n) is 9.27. The fraction of sp³-hybridized carbons (Fsp3) is 0.276. The van der Waals surface area contributed by atoms with E-state index in [-0.39, 0.29) is 12.5 Å². The number of piperidine rings is 1. The Morgan fingerprint density at radius 3 is 2.42 bits per heavy atom. The highest BCUT2D eigenvalue weighted by atomic mass is 16.5. The van der Waals surface area contributed by atoms with Crippen LogP contribution < -0.4 is 10.1 Å². The molecule has 1 amide bonds. The van der Waals surface area contributed by atoms with Gasteiger partial charge in [-0.2, -0.15) is 0 Å². The molecule has 2 heterocycles. The fourth-order valence-corrected chi connectivity index (χ4v) is 4.31. The van der Waals surface area contributed by atoms with Crippen molar-refractivity contribution < 1.29 is 13.9 Å². The lowest BCUT2D eigenvalue weighted by Crippen LogP contribution is -2.32. The summed E-state index contributed by atoms with van der Waals surface area (Å²) in [5.74, 6) is 1.85. The first kappa shape index (κ1) is 23.8. The van der Waals surface area contributed by atoms with Crippen LogP contribution >= 0.6 is 0 Å². The Morgan fingerprint density at radius 1 is 0.944 bits per heavy atom. The number of carbonyl (C=O) groups excluding carboxylic acids is 1. The maximum atomic E-state index is 12.6. The van der Waals surface area contributed by atoms with Gasteiger partial charge in [-0.15, -0.1) is 10.2 Å². The van der Waals surface area contributed by atoms with Gasteiger partial charge in [0.05, 0.1) is 5.56 Å². The van der Waals surface area contributed by atoms with Gasteiger partial charge >= 0.3 is 0 Å². The summed E-state index contributed by atoms with van der Waals surface area (Å²) in [4.78, 5) is 15.1. The minimum absolute atomic E-state index is 0.135. The first-order chi connectivity index (χ1) is 17.6. The van der Waals surface area contributed by atoms with Gasteiger partial charge in [-0.05, 0) is 73.8 Å². The second kappa shape index (κ2) is 11.2. The summed E-state index contributed by atoms with van der Waals surface area (Å²) in [5, 5.41) is 11.2. The molecule has 0 aliphatic carbocycles. The van der Waals surface area contributed by atoms with Crippen molar-refractivity contribution in [1.29, 1.82) is 0 Å². The Hall–Kier alpha value is -3.97. The van der Waals surface area contributed by atoms with Crippen LogP contribution in [0.4, 0.5) is 5.69 Å². The first-order valence-electron chi connectivity index (χ1n) is 12.4. The fourth-order valence-electron chi connectivity index (χ4n) is 4.31. The Bertz CT molecular complexity index is 1280. The van der Waals surface area contributed by atoms with Gasteiger partial charge in [0.15, 0.2) is 6.61 Å². The van der Waals surface area contributed by atoms with Gasteiger partial charge in [0.25, 0.3) is 11.8 Å². The van der Waals surface area contributed by atoms with Crippen molar-refractivity contribution in [1.82, 2.24) is 15.1 Å². The van der Waals surface area contributed by atoms with Crippen molar-refractivity contribution in [3.05, 3.63) is 84.4 Å². The normalized spacial score (nSPS) is 14.5. The number of nitrogens with one attached hydrogen (secondary N) is 1. The molecule has 1 aromatic heterocycles. The number of rotatable bonds is 8. The molecule has 0 spiro atoms. The average molecular weight is 483 g/mol. The molecule has 0 bridgehead atoms. The van der Waals surface area contributed by atoms with Crippen molar-refractivity contribution in [2.45, 2.75) is 26.3 Å². The van der Waals surface area contributed by atoms with Crippen molar-refractivity contribution >= 4 is 11.6 Å². The van der Waals surface area contributed by atoms with Crippen molar-refractivity contribution in [2.75, 3.05) is 25.0 Å². The highest BCUT2D eigenvalue weighted by Crippen LogP contribution is 2.31. The molecule has 1 saturated heterocycles. The van der Waals surface area contributed by atoms with E-state index >= 15 is 0 Å². The lowest BCUT2D eigenvalue weighted by atomic mass is 9.99. The summed E-state index contributed by atoms with van der Waals surface area (Å²) >= 11 is 0. The molecule has 7 heteroatoms. The van der Waals surface area contributed by atoms with Gasteiger partial charge in [0, 0.05) is 17.8 Å². The molecule has 4 aromatic rings. The van der Waals surface area contributed by atoms with E-state index in [0.717, 1.165) is 36.8 Å². The number of para-hydroxylation sites is 1. The summed E-state index contributed by atoms with van der Waals surface area (Å²) in [7, 11) is 0. The Labute approximate surface area is 211 Å². The minimum Gasteiger partial charge on any atom is -0.483 e. The summed E-state index contributed by atoms with van der Waals surface area (Å²) < 4.78 is 11.7. The molecule has 1 fully saturated rings. The second-order valence-corrected chi connectivity index (χ2v) is 9.27. The van der Waals surface area contributed by atoms with Crippen LogP contribution in [-0.2, 0) is 11.3 Å². The van der Waals surface area contributed by atoms with Gasteiger partial charge in [-0.3, -0.25) is 9.69 Å². The van der Waals surface area contributed by atoms with E-state index in [1.807, 2.05) is 60.7 Å². The number of anilines is 1. The van der Waals surface area contributed by atoms with Crippen LogP contribution in [0.25, 0.3) is 22.9 Å². The standard InChI is InChI=1S/C29H30N4O3/c1-21-15-17-33(18-16-21)19-22-11-13-24(14-12-22)30-27(34)20-35-26-10-6-5-9-25(26)29-32-31-28(36-29)23-7-3-2-4-8-23/h2-14,21H,15-20H2,1H3,(H,30,34). The van der Waals surface area contributed by atoms with Crippen LogP contribution in [0, 0.1) is 5.92 Å². The van der Waals surface area contributed by atoms with Crippen LogP contribution in [-0.4, -0.2) is 40.7 Å². The van der Waals surface area contributed by atoms with Gasteiger partial charge in [0.2, 0.25) is 5.89 Å². The summed E-state index contributed by atoms with van der Waals surface area (Å²) in [5.41, 5.74) is 3.47. The molecule has 0 radical (unpaired) electrons. The van der Waals surface area contributed by atoms with Gasteiger partial charge in [-0.1, -0.05) is 49.4 Å². The number of hydrogen-bond donors (Lipinski definition) is 1. The molecular formula is C29H30N4O3. The van der Waals surface area contributed by atoms with E-state index < -0.39 is 0 Å². The zero-order chi connectivity index (χ0) is 24.7. The Kier molecular flexibility index (Phi) is 7.38. The van der Waals surface area contributed by atoms with E-state index in [1.54, 1.807) is 6.07 Å². The molecule has 3 aromatic carbocycles. The molecule has 36 heavy (non-hydrogen) atoms. The molecular weight excluding hydrogens is 452 g/mol. The first-order valence-corrected chi connectivity index (χ1v) is 12.4. The zero-order valence-corrected chi connectivity index (χ0v) is 20.4. The summed E-state index contributed by atoms with van der Waals surface area (Å²) in [6.07, 6.45) is 2.52. The van der Waals surface area contributed by atoms with Gasteiger partial charge in [0.1, 0.15) is 5.75 Å². The topological polar surface area (TPSA) is 80.5 Å². The maximum Gasteiger partial charge on any atom is 0.262 e. The van der Waals surface area contributed by atoms with E-state index in [1.165, 1.54) is 18.4 Å². The number of amides is 1. The summed E-state index contributed by atoms with van der Waals surface area (Å²) in [6, 6.07) is 24.9. The van der Waals surface area contributed by atoms with Crippen LogP contribution in [0.2, 0.25) is 0 Å². The van der Waals surface area contributed by atoms with E-state index in [9.17, 15) is 4.79 Å². The maximum absolute atomic E-state index is 12.6. The Morgan fingerprint density at radius 2 is 1.64 bits per heavy atom. The largest absolute Gasteiger partial charge is 0.483 e. The van der Waals surface area contributed by atoms with Gasteiger partial charge < -0.3 is 14.5 Å². The molecule has 5 rings (SSSR count). The molecule has 0 unspecified atom stereocenters. The zero-order valence-electron chi connectivity index (χ0n) is 20.4. The molecule has 1 N–H and O–H groups in total. The number of carbonyl (C=O) groups is 1. The molecule has 7 nitrogen and oxygen atoms in total. The number of benzene rings is 3. The third-order valence-corrected chi connectivity index (χ3v) is 6.44. The lowest BCUT2D eigenvalue weighted by molar-refractivity contribution is -0.118. The van der Waals surface area contributed by atoms with E-state index in [4.69, 9.17) is 9.15 Å². The summed E-state index contributed by atoms with van der Waals surface area (Å²) in [6.45, 7) is 5.43. The van der Waals surface area contributed by atoms with Crippen LogP contribution in [0.3, 0.4) is 0 Å². The lowest BCUT2D eigenvalue weighted by Gasteiger charge is -2.30. The predicted octanol–water partition coefficient (Wildman–Crippen LogP) is 5.65. The predicted molar refractivity (Wildman–Crippen MR) is 139 cm³/mol. The quantitative estimate of drug-likeness (QED) is 0.349. The molecule has 1 aliphatic heterocycles. The van der Waals surface area contributed by atoms with Crippen LogP contribution in [0.1, 0.15) is 25.3 Å². The highest BCUT2D eigenvalue weighted by molar-refractivity contribution is 5.92. The third kappa shape index (κ3) is 5.98. The van der Waals surface area contributed by atoms with Crippen molar-refractivity contribution in [2.24, 2.45) is 5.92 Å². The molecule has 0 saturated carbocycles. The smallest absolute Gasteiger partial charge is 0.262 e. The number of aromatic nitrogens is 2. The number of ether oxygens (including phenoxy) is 1. The molecule has 184 valence electrons. The number of hydrogen-bond acceptors (Lipinski definition) is 6. The van der Waals surface area contributed by atoms with Crippen LogP contribution in [0.15, 0.2) is 83.3 Å². The van der Waals surface area contributed by atoms with Crippen molar-refractivity contribution in [3.8, 4) is 28.7 Å². The molecule has 1 aliphatic rings.